The largest absolute Gasteiger partial charge is 0.434 e. The molecule has 0 aliphatic heterocycles. The molecule has 0 spiro atoms. The molecular formula is C12H11F2N3O. The summed E-state index contributed by atoms with van der Waals surface area (Å²) >= 11 is 0. The van der Waals surface area contributed by atoms with Crippen molar-refractivity contribution in [1.82, 2.24) is 9.97 Å². The molecule has 1 heterocycles. The van der Waals surface area contributed by atoms with E-state index in [9.17, 15) is 8.78 Å². The second-order valence-electron chi connectivity index (χ2n) is 3.57. The first-order valence-corrected chi connectivity index (χ1v) is 5.22. The van der Waals surface area contributed by atoms with Crippen LogP contribution in [0, 0.1) is 0 Å². The number of hydrogen-bond donors (Lipinski definition) is 1. The number of para-hydroxylation sites is 1. The quantitative estimate of drug-likeness (QED) is 0.904. The summed E-state index contributed by atoms with van der Waals surface area (Å²) in [6.45, 7) is -2.88. The fourth-order valence-corrected chi connectivity index (χ4v) is 1.59. The van der Waals surface area contributed by atoms with Crippen molar-refractivity contribution in [3.63, 3.8) is 0 Å². The maximum absolute atomic E-state index is 12.3. The molecule has 0 amide bonds. The van der Waals surface area contributed by atoms with Crippen LogP contribution in [-0.4, -0.2) is 16.6 Å². The van der Waals surface area contributed by atoms with Gasteiger partial charge in [-0.1, -0.05) is 18.2 Å². The Morgan fingerprint density at radius 3 is 2.44 bits per heavy atom. The van der Waals surface area contributed by atoms with Crippen molar-refractivity contribution < 1.29 is 13.5 Å². The van der Waals surface area contributed by atoms with Gasteiger partial charge in [0, 0.05) is 23.5 Å². The predicted octanol–water partition coefficient (Wildman–Crippen LogP) is 2.13. The zero-order chi connectivity index (χ0) is 13.0. The number of aromatic nitrogens is 2. The highest BCUT2D eigenvalue weighted by atomic mass is 19.3. The second-order valence-corrected chi connectivity index (χ2v) is 3.57. The Morgan fingerprint density at radius 2 is 1.78 bits per heavy atom. The van der Waals surface area contributed by atoms with Crippen molar-refractivity contribution in [2.45, 2.75) is 12.7 Å². The second kappa shape index (κ2) is 5.50. The summed E-state index contributed by atoms with van der Waals surface area (Å²) in [6.07, 6.45) is 4.45. The summed E-state index contributed by atoms with van der Waals surface area (Å²) < 4.78 is 29.0. The Morgan fingerprint density at radius 1 is 1.11 bits per heavy atom. The zero-order valence-corrected chi connectivity index (χ0v) is 9.33. The van der Waals surface area contributed by atoms with Crippen LogP contribution in [0.15, 0.2) is 43.0 Å². The summed E-state index contributed by atoms with van der Waals surface area (Å²) in [5.74, 6) is 0.0591. The molecule has 0 saturated carbocycles. The first kappa shape index (κ1) is 12.4. The van der Waals surface area contributed by atoms with Gasteiger partial charge in [0.1, 0.15) is 12.1 Å². The van der Waals surface area contributed by atoms with Crippen LogP contribution in [0.1, 0.15) is 17.2 Å². The van der Waals surface area contributed by atoms with E-state index in [4.69, 9.17) is 5.73 Å². The minimum Gasteiger partial charge on any atom is -0.434 e. The lowest BCUT2D eigenvalue weighted by Gasteiger charge is -2.16. The molecule has 1 atom stereocenters. The van der Waals surface area contributed by atoms with Crippen LogP contribution >= 0.6 is 0 Å². The highest BCUT2D eigenvalue weighted by Crippen LogP contribution is 2.28. The van der Waals surface area contributed by atoms with Crippen LogP contribution < -0.4 is 10.5 Å². The van der Waals surface area contributed by atoms with Gasteiger partial charge in [-0.15, -0.1) is 0 Å². The van der Waals surface area contributed by atoms with Gasteiger partial charge in [0.05, 0.1) is 6.04 Å². The van der Waals surface area contributed by atoms with Crippen LogP contribution in [0.25, 0.3) is 0 Å². The molecule has 0 bridgehead atoms. The van der Waals surface area contributed by atoms with E-state index in [-0.39, 0.29) is 5.75 Å². The standard InChI is InChI=1S/C12H11F2N3O/c13-12(14)18-10-4-2-1-3-9(10)11(15)8-5-16-7-17-6-8/h1-7,11-12H,15H2. The lowest BCUT2D eigenvalue weighted by atomic mass is 10.0. The van der Waals surface area contributed by atoms with Crippen LogP contribution in [0.2, 0.25) is 0 Å². The molecule has 0 fully saturated rings. The van der Waals surface area contributed by atoms with Crippen LogP contribution in [0.3, 0.4) is 0 Å². The molecule has 1 aromatic heterocycles. The topological polar surface area (TPSA) is 61.0 Å². The van der Waals surface area contributed by atoms with Crippen molar-refractivity contribution in [2.24, 2.45) is 5.73 Å². The van der Waals surface area contributed by atoms with Gasteiger partial charge in [-0.25, -0.2) is 9.97 Å². The van der Waals surface area contributed by atoms with Crippen LogP contribution in [-0.2, 0) is 0 Å². The molecule has 18 heavy (non-hydrogen) atoms. The highest BCUT2D eigenvalue weighted by molar-refractivity contribution is 5.40. The molecule has 2 rings (SSSR count). The summed E-state index contributed by atoms with van der Waals surface area (Å²) in [5, 5.41) is 0. The average molecular weight is 251 g/mol. The van der Waals surface area contributed by atoms with E-state index >= 15 is 0 Å². The van der Waals surface area contributed by atoms with Gasteiger partial charge in [0.25, 0.3) is 0 Å². The third kappa shape index (κ3) is 2.78. The van der Waals surface area contributed by atoms with Crippen molar-refractivity contribution >= 4 is 0 Å². The summed E-state index contributed by atoms with van der Waals surface area (Å²) in [6, 6.07) is 5.79. The molecule has 0 aliphatic rings. The van der Waals surface area contributed by atoms with Gasteiger partial charge >= 0.3 is 6.61 Å². The predicted molar refractivity (Wildman–Crippen MR) is 61.1 cm³/mol. The number of halogens is 2. The summed E-state index contributed by atoms with van der Waals surface area (Å²) in [4.78, 5) is 7.68. The molecule has 1 aromatic carbocycles. The average Bonchev–Trinajstić information content (AvgIpc) is 2.39. The normalized spacial score (nSPS) is 12.4. The summed E-state index contributed by atoms with van der Waals surface area (Å²) in [7, 11) is 0. The van der Waals surface area contributed by atoms with Gasteiger partial charge in [-0.3, -0.25) is 0 Å². The SMILES string of the molecule is NC(c1cncnc1)c1ccccc1OC(F)F. The number of ether oxygens (including phenoxy) is 1. The Balaban J connectivity index is 2.33. The molecular weight excluding hydrogens is 240 g/mol. The van der Waals surface area contributed by atoms with Gasteiger partial charge in [0.2, 0.25) is 0 Å². The van der Waals surface area contributed by atoms with Crippen LogP contribution in [0.4, 0.5) is 8.78 Å². The van der Waals surface area contributed by atoms with E-state index in [0.717, 1.165) is 0 Å². The molecule has 2 N–H and O–H groups in total. The molecule has 0 aliphatic carbocycles. The third-order valence-electron chi connectivity index (χ3n) is 2.41. The maximum Gasteiger partial charge on any atom is 0.387 e. The highest BCUT2D eigenvalue weighted by Gasteiger charge is 2.16. The first-order chi connectivity index (χ1) is 8.68. The Hall–Kier alpha value is -2.08. The molecule has 0 radical (unpaired) electrons. The first-order valence-electron chi connectivity index (χ1n) is 5.22. The molecule has 0 saturated heterocycles. The molecule has 2 aromatic rings. The van der Waals surface area contributed by atoms with Gasteiger partial charge in [-0.05, 0) is 6.07 Å². The molecule has 6 heteroatoms. The smallest absolute Gasteiger partial charge is 0.387 e. The number of nitrogens with zero attached hydrogens (tertiary/aromatic N) is 2. The van der Waals surface area contributed by atoms with Crippen molar-refractivity contribution in [1.29, 1.82) is 0 Å². The molecule has 1 unspecified atom stereocenters. The third-order valence-corrected chi connectivity index (χ3v) is 2.41. The molecule has 4 nitrogen and oxygen atoms in total. The Labute approximate surface area is 102 Å². The minimum atomic E-state index is -2.88. The fourth-order valence-electron chi connectivity index (χ4n) is 1.59. The number of nitrogens with two attached hydrogens (primary N) is 1. The Kier molecular flexibility index (Phi) is 3.78. The lowest BCUT2D eigenvalue weighted by molar-refractivity contribution is -0.0505. The van der Waals surface area contributed by atoms with Crippen LogP contribution in [0.5, 0.6) is 5.75 Å². The number of alkyl halides is 2. The summed E-state index contributed by atoms with van der Waals surface area (Å²) in [5.41, 5.74) is 7.08. The van der Waals surface area contributed by atoms with E-state index in [2.05, 4.69) is 14.7 Å². The Bertz CT molecular complexity index is 508. The van der Waals surface area contributed by atoms with Crippen molar-refractivity contribution in [2.75, 3.05) is 0 Å². The zero-order valence-electron chi connectivity index (χ0n) is 9.33. The monoisotopic (exact) mass is 251 g/mol. The van der Waals surface area contributed by atoms with E-state index in [1.54, 1.807) is 18.2 Å². The number of rotatable bonds is 4. The minimum absolute atomic E-state index is 0.0591. The number of hydrogen-bond acceptors (Lipinski definition) is 4. The van der Waals surface area contributed by atoms with E-state index < -0.39 is 12.7 Å². The van der Waals surface area contributed by atoms with Crippen molar-refractivity contribution in [3.05, 3.63) is 54.1 Å². The van der Waals surface area contributed by atoms with Gasteiger partial charge in [-0.2, -0.15) is 8.78 Å². The van der Waals surface area contributed by atoms with E-state index in [0.29, 0.717) is 11.1 Å². The van der Waals surface area contributed by atoms with Crippen molar-refractivity contribution in [3.8, 4) is 5.75 Å². The maximum atomic E-state index is 12.3. The van der Waals surface area contributed by atoms with Gasteiger partial charge < -0.3 is 10.5 Å². The van der Waals surface area contributed by atoms with E-state index in [1.165, 1.54) is 24.8 Å². The lowest BCUT2D eigenvalue weighted by Crippen LogP contribution is -2.15. The fraction of sp³-hybridized carbons (Fsp3) is 0.167. The van der Waals surface area contributed by atoms with E-state index in [1.807, 2.05) is 0 Å². The molecule has 94 valence electrons. The van der Waals surface area contributed by atoms with Gasteiger partial charge in [0.15, 0.2) is 0 Å². The number of benzene rings is 1.